The molecule has 3 heteroatoms. The molecule has 25 heavy (non-hydrogen) atoms. The van der Waals surface area contributed by atoms with E-state index in [9.17, 15) is 0 Å². The minimum atomic E-state index is 1.13. The SMILES string of the molecule is Cc1ccc(Sc2ccc(Nc3cccc4sccc34)cc2C)cc1. The summed E-state index contributed by atoms with van der Waals surface area (Å²) in [6, 6.07) is 23.9. The van der Waals surface area contributed by atoms with Crippen LogP contribution in [0.4, 0.5) is 11.4 Å². The molecule has 0 unspecified atom stereocenters. The molecule has 3 aromatic carbocycles. The first-order valence-electron chi connectivity index (χ1n) is 8.27. The van der Waals surface area contributed by atoms with Crippen LogP contribution in [0.2, 0.25) is 0 Å². The monoisotopic (exact) mass is 361 g/mol. The Kier molecular flexibility index (Phi) is 4.51. The summed E-state index contributed by atoms with van der Waals surface area (Å²) in [5.74, 6) is 0. The zero-order chi connectivity index (χ0) is 17.2. The maximum absolute atomic E-state index is 3.57. The molecule has 0 saturated carbocycles. The van der Waals surface area contributed by atoms with Gasteiger partial charge in [-0.25, -0.2) is 0 Å². The third-order valence-electron chi connectivity index (χ3n) is 4.20. The van der Waals surface area contributed by atoms with E-state index in [1.807, 2.05) is 11.8 Å². The molecule has 4 aromatic rings. The number of fused-ring (bicyclic) bond motifs is 1. The van der Waals surface area contributed by atoms with E-state index < -0.39 is 0 Å². The Bertz CT molecular complexity index is 1020. The standard InChI is InChI=1S/C22H19NS2/c1-15-6-9-18(10-7-15)25-21-11-8-17(14-16(21)2)23-20-4-3-5-22-19(20)12-13-24-22/h3-14,23H,1-2H3. The molecule has 0 aliphatic carbocycles. The van der Waals surface area contributed by atoms with Gasteiger partial charge < -0.3 is 5.32 Å². The maximum atomic E-state index is 3.57. The first-order valence-corrected chi connectivity index (χ1v) is 9.97. The van der Waals surface area contributed by atoms with E-state index in [-0.39, 0.29) is 0 Å². The molecule has 0 atom stereocenters. The van der Waals surface area contributed by atoms with E-state index in [0.717, 1.165) is 11.4 Å². The Morgan fingerprint density at radius 2 is 1.72 bits per heavy atom. The first-order chi connectivity index (χ1) is 12.2. The zero-order valence-electron chi connectivity index (χ0n) is 14.2. The van der Waals surface area contributed by atoms with Crippen LogP contribution in [-0.4, -0.2) is 0 Å². The van der Waals surface area contributed by atoms with Crippen molar-refractivity contribution in [2.75, 3.05) is 5.32 Å². The second-order valence-corrected chi connectivity index (χ2v) is 8.22. The predicted molar refractivity (Wildman–Crippen MR) is 112 cm³/mol. The van der Waals surface area contributed by atoms with E-state index >= 15 is 0 Å². The highest BCUT2D eigenvalue weighted by Gasteiger charge is 2.05. The van der Waals surface area contributed by atoms with Crippen LogP contribution < -0.4 is 5.32 Å². The molecule has 0 bridgehead atoms. The van der Waals surface area contributed by atoms with Crippen molar-refractivity contribution in [3.8, 4) is 0 Å². The molecule has 1 aromatic heterocycles. The van der Waals surface area contributed by atoms with Gasteiger partial charge in [-0.05, 0) is 73.3 Å². The topological polar surface area (TPSA) is 12.0 Å². The average molecular weight is 362 g/mol. The number of thiophene rings is 1. The quantitative estimate of drug-likeness (QED) is 0.406. The van der Waals surface area contributed by atoms with Gasteiger partial charge in [-0.3, -0.25) is 0 Å². The Labute approximate surface area is 156 Å². The van der Waals surface area contributed by atoms with Crippen molar-refractivity contribution in [2.45, 2.75) is 23.6 Å². The Morgan fingerprint density at radius 1 is 0.880 bits per heavy atom. The summed E-state index contributed by atoms with van der Waals surface area (Å²) in [6.07, 6.45) is 0. The summed E-state index contributed by atoms with van der Waals surface area (Å²) < 4.78 is 1.31. The number of nitrogens with one attached hydrogen (secondary N) is 1. The largest absolute Gasteiger partial charge is 0.355 e. The Morgan fingerprint density at radius 3 is 2.52 bits per heavy atom. The van der Waals surface area contributed by atoms with Crippen LogP contribution in [0, 0.1) is 13.8 Å². The summed E-state index contributed by atoms with van der Waals surface area (Å²) in [6.45, 7) is 4.29. The van der Waals surface area contributed by atoms with E-state index in [2.05, 4.69) is 91.3 Å². The summed E-state index contributed by atoms with van der Waals surface area (Å²) >= 11 is 3.59. The molecule has 0 aliphatic heterocycles. The number of hydrogen-bond acceptors (Lipinski definition) is 3. The van der Waals surface area contributed by atoms with E-state index in [1.165, 1.54) is 31.0 Å². The van der Waals surface area contributed by atoms with E-state index in [4.69, 9.17) is 0 Å². The van der Waals surface area contributed by atoms with Gasteiger partial charge in [0.05, 0.1) is 0 Å². The van der Waals surface area contributed by atoms with Crippen molar-refractivity contribution < 1.29 is 0 Å². The molecule has 1 nitrogen and oxygen atoms in total. The molecule has 0 radical (unpaired) electrons. The number of anilines is 2. The molecule has 4 rings (SSSR count). The van der Waals surface area contributed by atoms with Crippen LogP contribution in [0.3, 0.4) is 0 Å². The third-order valence-corrected chi connectivity index (χ3v) is 6.27. The second kappa shape index (κ2) is 6.95. The van der Waals surface area contributed by atoms with Crippen LogP contribution in [-0.2, 0) is 0 Å². The molecular weight excluding hydrogens is 342 g/mol. The summed E-state index contributed by atoms with van der Waals surface area (Å²) in [5.41, 5.74) is 4.87. The van der Waals surface area contributed by atoms with Crippen molar-refractivity contribution in [3.63, 3.8) is 0 Å². The van der Waals surface area contributed by atoms with Gasteiger partial charge >= 0.3 is 0 Å². The van der Waals surface area contributed by atoms with Crippen molar-refractivity contribution in [2.24, 2.45) is 0 Å². The van der Waals surface area contributed by atoms with Crippen molar-refractivity contribution in [1.29, 1.82) is 0 Å². The lowest BCUT2D eigenvalue weighted by Gasteiger charge is -2.11. The fourth-order valence-electron chi connectivity index (χ4n) is 2.83. The van der Waals surface area contributed by atoms with Gasteiger partial charge in [0.15, 0.2) is 0 Å². The number of hydrogen-bond donors (Lipinski definition) is 1. The van der Waals surface area contributed by atoms with Crippen LogP contribution in [0.15, 0.2) is 81.9 Å². The molecule has 124 valence electrons. The van der Waals surface area contributed by atoms with Crippen LogP contribution >= 0.6 is 23.1 Å². The molecule has 0 spiro atoms. The molecule has 1 heterocycles. The molecule has 0 fully saturated rings. The Hall–Kier alpha value is -2.23. The van der Waals surface area contributed by atoms with Crippen LogP contribution in [0.1, 0.15) is 11.1 Å². The molecular formula is C22H19NS2. The van der Waals surface area contributed by atoms with Gasteiger partial charge in [0.1, 0.15) is 0 Å². The zero-order valence-corrected chi connectivity index (χ0v) is 15.9. The van der Waals surface area contributed by atoms with Crippen molar-refractivity contribution >= 4 is 44.6 Å². The average Bonchev–Trinajstić information content (AvgIpc) is 3.09. The van der Waals surface area contributed by atoms with Gasteiger partial charge in [0.2, 0.25) is 0 Å². The van der Waals surface area contributed by atoms with Crippen molar-refractivity contribution in [1.82, 2.24) is 0 Å². The number of benzene rings is 3. The first kappa shape index (κ1) is 16.2. The lowest BCUT2D eigenvalue weighted by molar-refractivity contribution is 1.29. The predicted octanol–water partition coefficient (Wildman–Crippen LogP) is 7.41. The lowest BCUT2D eigenvalue weighted by atomic mass is 10.2. The van der Waals surface area contributed by atoms with E-state index in [1.54, 1.807) is 11.3 Å². The van der Waals surface area contributed by atoms with Crippen LogP contribution in [0.25, 0.3) is 10.1 Å². The van der Waals surface area contributed by atoms with Gasteiger partial charge in [0.25, 0.3) is 0 Å². The smallest absolute Gasteiger partial charge is 0.0472 e. The number of rotatable bonds is 4. The highest BCUT2D eigenvalue weighted by molar-refractivity contribution is 7.99. The molecule has 0 saturated heterocycles. The minimum absolute atomic E-state index is 1.13. The van der Waals surface area contributed by atoms with Gasteiger partial charge in [-0.1, -0.05) is 35.5 Å². The number of aryl methyl sites for hydroxylation is 2. The summed E-state index contributed by atoms with van der Waals surface area (Å²) in [7, 11) is 0. The van der Waals surface area contributed by atoms with E-state index in [0.29, 0.717) is 0 Å². The van der Waals surface area contributed by atoms with Gasteiger partial charge in [-0.15, -0.1) is 11.3 Å². The molecule has 0 amide bonds. The van der Waals surface area contributed by atoms with Crippen molar-refractivity contribution in [3.05, 3.63) is 83.2 Å². The third kappa shape index (κ3) is 3.58. The normalized spacial score (nSPS) is 11.0. The lowest BCUT2D eigenvalue weighted by Crippen LogP contribution is -1.92. The van der Waals surface area contributed by atoms with Crippen LogP contribution in [0.5, 0.6) is 0 Å². The molecule has 0 aliphatic rings. The van der Waals surface area contributed by atoms with Gasteiger partial charge in [0, 0.05) is 31.3 Å². The molecule has 1 N–H and O–H groups in total. The maximum Gasteiger partial charge on any atom is 0.0472 e. The highest BCUT2D eigenvalue weighted by atomic mass is 32.2. The highest BCUT2D eigenvalue weighted by Crippen LogP contribution is 2.34. The fourth-order valence-corrected chi connectivity index (χ4v) is 4.53. The Balaban J connectivity index is 1.57. The minimum Gasteiger partial charge on any atom is -0.355 e. The summed E-state index contributed by atoms with van der Waals surface area (Å²) in [4.78, 5) is 2.57. The fraction of sp³-hybridized carbons (Fsp3) is 0.0909. The van der Waals surface area contributed by atoms with Gasteiger partial charge in [-0.2, -0.15) is 0 Å². The summed E-state index contributed by atoms with van der Waals surface area (Å²) in [5, 5.41) is 6.99. The second-order valence-electron chi connectivity index (χ2n) is 6.16.